The number of ether oxygens (including phenoxy) is 3. The highest BCUT2D eigenvalue weighted by Crippen LogP contribution is 2.29. The van der Waals surface area contributed by atoms with Crippen molar-refractivity contribution in [3.8, 4) is 29.6 Å². The van der Waals surface area contributed by atoms with Crippen LogP contribution in [0.2, 0.25) is 0 Å². The van der Waals surface area contributed by atoms with Gasteiger partial charge in [-0.1, -0.05) is 255 Å². The molecule has 8 rings (SSSR count). The van der Waals surface area contributed by atoms with Crippen molar-refractivity contribution >= 4 is 15.9 Å². The van der Waals surface area contributed by atoms with Gasteiger partial charge in [0.1, 0.15) is 36.3 Å². The highest BCUT2D eigenvalue weighted by Gasteiger charge is 2.17. The van der Waals surface area contributed by atoms with Crippen molar-refractivity contribution in [3.63, 3.8) is 0 Å². The van der Waals surface area contributed by atoms with Gasteiger partial charge in [0.2, 0.25) is 0 Å². The normalized spacial score (nSPS) is 11.3. The summed E-state index contributed by atoms with van der Waals surface area (Å²) >= 11 is 3.45. The maximum atomic E-state index is 13.0. The van der Waals surface area contributed by atoms with E-state index in [0.29, 0.717) is 13.2 Å². The van der Waals surface area contributed by atoms with E-state index in [4.69, 9.17) is 20.6 Å². The molecule has 0 aliphatic rings. The summed E-state index contributed by atoms with van der Waals surface area (Å²) in [6, 6.07) is 62.1. The van der Waals surface area contributed by atoms with Gasteiger partial charge < -0.3 is 14.2 Å². The number of terminal acetylenes is 1. The van der Waals surface area contributed by atoms with Crippen molar-refractivity contribution in [2.45, 2.75) is 177 Å². The predicted molar refractivity (Wildman–Crippen MR) is 357 cm³/mol. The number of benzene rings is 7. The second-order valence-electron chi connectivity index (χ2n) is 26.9. The van der Waals surface area contributed by atoms with Crippen molar-refractivity contribution in [2.75, 3.05) is 7.11 Å². The lowest BCUT2D eigenvalue weighted by atomic mass is 9.86. The Kier molecular flexibility index (Phi) is 27.3. The van der Waals surface area contributed by atoms with Gasteiger partial charge in [0, 0.05) is 16.2 Å². The highest BCUT2D eigenvalue weighted by atomic mass is 79.9. The largest absolute Gasteiger partial charge is 0.497 e. The minimum absolute atomic E-state index is 0.140. The molecule has 0 radical (unpaired) electrons. The van der Waals surface area contributed by atoms with Crippen LogP contribution in [0.25, 0.3) is 0 Å². The summed E-state index contributed by atoms with van der Waals surface area (Å²) in [7, 11) is 1.70. The molecule has 0 unspecified atom stereocenters. The fraction of sp³-hybridized carbons (Fsp3) is 0.364. The Hall–Kier alpha value is -6.94. The van der Waals surface area contributed by atoms with Crippen molar-refractivity contribution in [3.05, 3.63) is 260 Å². The Morgan fingerprint density at radius 2 is 0.855 bits per heavy atom. The SMILES string of the molecule is C#Cc1cccc(C(C)(C)C)c1.CC(C)(C)c1ccc(OCc2cccc(F)c2)cc1.CC(C)(C)c1ccc(OCc2ccccn2)cc1.CC(C)(C)c1cccc(Br)c1.COc1cccc(C(C)(C)C)c1.Cc1cccc(C(C)(C)C)c1. The third-order valence-electron chi connectivity index (χ3n) is 13.3. The fourth-order valence-electron chi connectivity index (χ4n) is 7.77. The van der Waals surface area contributed by atoms with Gasteiger partial charge in [0.15, 0.2) is 0 Å². The molecule has 0 saturated heterocycles. The second-order valence-corrected chi connectivity index (χ2v) is 27.8. The van der Waals surface area contributed by atoms with E-state index in [2.05, 4.69) is 255 Å². The first-order chi connectivity index (χ1) is 38.6. The van der Waals surface area contributed by atoms with Crippen molar-refractivity contribution in [2.24, 2.45) is 0 Å². The van der Waals surface area contributed by atoms with E-state index in [1.165, 1.54) is 51.1 Å². The summed E-state index contributed by atoms with van der Waals surface area (Å²) in [5.74, 6) is 5.03. The van der Waals surface area contributed by atoms with Crippen molar-refractivity contribution in [1.29, 1.82) is 0 Å². The number of nitrogens with zero attached hydrogens (tertiary/aromatic N) is 1. The molecule has 6 heteroatoms. The van der Waals surface area contributed by atoms with Crippen LogP contribution in [0.3, 0.4) is 0 Å². The number of pyridine rings is 1. The van der Waals surface area contributed by atoms with Crippen LogP contribution in [0.5, 0.6) is 17.2 Å². The number of hydrogen-bond acceptors (Lipinski definition) is 4. The molecule has 83 heavy (non-hydrogen) atoms. The number of methoxy groups -OCH3 is 1. The number of aryl methyl sites for hydroxylation is 1. The van der Waals surface area contributed by atoms with Crippen LogP contribution in [0, 0.1) is 25.1 Å². The van der Waals surface area contributed by atoms with Crippen LogP contribution in [-0.2, 0) is 45.7 Å². The maximum absolute atomic E-state index is 13.0. The monoisotopic (exact) mass is 1180 g/mol. The van der Waals surface area contributed by atoms with Crippen LogP contribution in [-0.4, -0.2) is 12.1 Å². The molecular formula is C77H97BrFNO3. The average Bonchev–Trinajstić information content (AvgIpc) is 3.43. The van der Waals surface area contributed by atoms with Crippen molar-refractivity contribution in [1.82, 2.24) is 4.98 Å². The molecule has 0 saturated carbocycles. The molecule has 1 aromatic heterocycles. The summed E-state index contributed by atoms with van der Waals surface area (Å²) in [5.41, 5.74) is 13.3. The first-order valence-electron chi connectivity index (χ1n) is 28.7. The van der Waals surface area contributed by atoms with Crippen LogP contribution in [0.15, 0.2) is 199 Å². The lowest BCUT2D eigenvalue weighted by molar-refractivity contribution is 0.301. The summed E-state index contributed by atoms with van der Waals surface area (Å²) in [6.07, 6.45) is 7.09. The van der Waals surface area contributed by atoms with E-state index in [1.54, 1.807) is 19.4 Å². The maximum Gasteiger partial charge on any atom is 0.130 e. The average molecular weight is 1180 g/mol. The lowest BCUT2D eigenvalue weighted by Crippen LogP contribution is -2.10. The number of halogens is 2. The van der Waals surface area contributed by atoms with Gasteiger partial charge in [-0.05, 0) is 163 Å². The molecule has 442 valence electrons. The second kappa shape index (κ2) is 32.2. The molecule has 0 aliphatic heterocycles. The van der Waals surface area contributed by atoms with E-state index in [9.17, 15) is 4.39 Å². The van der Waals surface area contributed by atoms with Gasteiger partial charge in [0.25, 0.3) is 0 Å². The van der Waals surface area contributed by atoms with E-state index >= 15 is 0 Å². The molecule has 1 heterocycles. The Morgan fingerprint density at radius 3 is 1.27 bits per heavy atom. The molecule has 0 fully saturated rings. The van der Waals surface area contributed by atoms with Crippen molar-refractivity contribution < 1.29 is 18.6 Å². The smallest absolute Gasteiger partial charge is 0.130 e. The summed E-state index contributed by atoms with van der Waals surface area (Å²) in [4.78, 5) is 4.23. The zero-order valence-electron chi connectivity index (χ0n) is 53.9. The van der Waals surface area contributed by atoms with E-state index in [-0.39, 0.29) is 38.3 Å². The summed E-state index contributed by atoms with van der Waals surface area (Å²) in [6.45, 7) is 42.7. The molecule has 0 N–H and O–H groups in total. The molecule has 0 aliphatic carbocycles. The predicted octanol–water partition coefficient (Wildman–Crippen LogP) is 21.7. The van der Waals surface area contributed by atoms with E-state index < -0.39 is 0 Å². The standard InChI is InChI=1S/C17H19FO.C16H19NO.C12H14.C11H16O.C11H16.C10H13Br/c1-17(2,3)14-7-9-16(10-8-14)19-12-13-5-4-6-15(18)11-13;1-16(2,3)13-7-9-15(10-8-13)18-12-14-6-4-5-11-17-14;1-5-10-7-6-8-11(9-10)12(2,3)4;1-11(2,3)9-6-5-7-10(8-9)12-4;1-9-6-5-7-10(8-9)11(2,3)4;1-10(2,3)8-5-4-6-9(11)7-8/h4-11H,12H2,1-3H3;4-11H,12H2,1-3H3;1,6-9H,2-4H3;5-8H,1-4H3;5-8H,1-4H3;4-7H,1-3H3. The van der Waals surface area contributed by atoms with Crippen LogP contribution >= 0.6 is 15.9 Å². The molecule has 0 amide bonds. The first-order valence-corrected chi connectivity index (χ1v) is 29.5. The number of hydrogen-bond donors (Lipinski definition) is 0. The molecule has 8 aromatic rings. The first kappa shape index (κ1) is 70.3. The van der Waals surface area contributed by atoms with E-state index in [0.717, 1.165) is 38.5 Å². The Labute approximate surface area is 510 Å². The lowest BCUT2D eigenvalue weighted by Gasteiger charge is -2.19. The highest BCUT2D eigenvalue weighted by molar-refractivity contribution is 9.10. The Balaban J connectivity index is 0.000000265. The summed E-state index contributed by atoms with van der Waals surface area (Å²) < 4.78 is 30.7. The fourth-order valence-corrected chi connectivity index (χ4v) is 8.17. The minimum atomic E-state index is -0.232. The number of aromatic nitrogens is 1. The van der Waals surface area contributed by atoms with Gasteiger partial charge in [-0.25, -0.2) is 4.39 Å². The van der Waals surface area contributed by atoms with Gasteiger partial charge in [-0.15, -0.1) is 6.42 Å². The van der Waals surface area contributed by atoms with Gasteiger partial charge in [-0.2, -0.15) is 0 Å². The summed E-state index contributed by atoms with van der Waals surface area (Å²) in [5, 5.41) is 0. The van der Waals surface area contributed by atoms with Crippen LogP contribution in [0.1, 0.15) is 180 Å². The number of rotatable bonds is 7. The topological polar surface area (TPSA) is 40.6 Å². The third kappa shape index (κ3) is 27.3. The van der Waals surface area contributed by atoms with Gasteiger partial charge >= 0.3 is 0 Å². The zero-order valence-corrected chi connectivity index (χ0v) is 55.5. The molecular weight excluding hydrogens is 1090 g/mol. The molecule has 0 atom stereocenters. The Morgan fingerprint density at radius 1 is 0.422 bits per heavy atom. The third-order valence-corrected chi connectivity index (χ3v) is 13.7. The zero-order chi connectivity index (χ0) is 62.2. The molecule has 0 spiro atoms. The van der Waals surface area contributed by atoms with E-state index in [1.807, 2.05) is 72.8 Å². The van der Waals surface area contributed by atoms with Crippen LogP contribution < -0.4 is 14.2 Å². The van der Waals surface area contributed by atoms with Gasteiger partial charge in [0.05, 0.1) is 12.8 Å². The van der Waals surface area contributed by atoms with Crippen LogP contribution in [0.4, 0.5) is 4.39 Å². The minimum Gasteiger partial charge on any atom is -0.497 e. The molecule has 7 aromatic carbocycles. The molecule has 4 nitrogen and oxygen atoms in total. The Bertz CT molecular complexity index is 3130. The van der Waals surface area contributed by atoms with Gasteiger partial charge in [-0.3, -0.25) is 4.98 Å². The molecule has 0 bridgehead atoms. The quantitative estimate of drug-likeness (QED) is 0.149.